The van der Waals surface area contributed by atoms with Crippen LogP contribution in [0.5, 0.6) is 0 Å². The molecule has 0 radical (unpaired) electrons. The zero-order valence-corrected chi connectivity index (χ0v) is 31.1. The fourth-order valence-corrected chi connectivity index (χ4v) is 8.94. The molecule has 8 aromatic rings. The predicted octanol–water partition coefficient (Wildman–Crippen LogP) is 8.87. The molecule has 0 heterocycles. The second-order valence-electron chi connectivity index (χ2n) is 12.0. The molecule has 0 aliphatic heterocycles. The van der Waals surface area contributed by atoms with Crippen LogP contribution < -0.4 is 0 Å². The van der Waals surface area contributed by atoms with Crippen LogP contribution in [0, 0.1) is 0 Å². The first-order chi connectivity index (χ1) is 24.1. The first-order valence-electron chi connectivity index (χ1n) is 15.9. The van der Waals surface area contributed by atoms with E-state index in [0.717, 1.165) is 43.1 Å². The van der Waals surface area contributed by atoms with Crippen molar-refractivity contribution in [2.75, 3.05) is 0 Å². The van der Waals surface area contributed by atoms with Crippen LogP contribution in [0.15, 0.2) is 170 Å². The van der Waals surface area contributed by atoms with E-state index in [9.17, 15) is 25.9 Å². The molecule has 0 aliphatic carbocycles. The van der Waals surface area contributed by atoms with Gasteiger partial charge in [0, 0.05) is 0 Å². The van der Waals surface area contributed by atoms with Crippen molar-refractivity contribution in [1.82, 2.24) is 0 Å². The van der Waals surface area contributed by atoms with E-state index in [4.69, 9.17) is 0 Å². The normalized spacial score (nSPS) is 11.8. The Morgan fingerprint density at radius 1 is 0.314 bits per heavy atom. The number of benzene rings is 8. The van der Waals surface area contributed by atoms with Crippen molar-refractivity contribution in [3.8, 4) is 0 Å². The molecule has 248 valence electrons. The zero-order chi connectivity index (χ0) is 34.9. The Balaban J connectivity index is 0.000000172. The van der Waals surface area contributed by atoms with Gasteiger partial charge in [-0.25, -0.2) is 16.8 Å². The van der Waals surface area contributed by atoms with Crippen molar-refractivity contribution in [1.29, 1.82) is 0 Å². The van der Waals surface area contributed by atoms with E-state index >= 15 is 0 Å². The van der Waals surface area contributed by atoms with Gasteiger partial charge in [0.1, 0.15) is 30.7 Å². The third-order valence-electron chi connectivity index (χ3n) is 9.00. The third kappa shape index (κ3) is 7.59. The topological polar surface area (TPSA) is 114 Å². The van der Waals surface area contributed by atoms with Gasteiger partial charge in [-0.15, -0.1) is 0 Å². The third-order valence-corrected chi connectivity index (χ3v) is 11.2. The molecule has 8 rings (SSSR count). The average molecular weight is 735 g/mol. The maximum Gasteiger partial charge on any atom is 2.00 e. The van der Waals surface area contributed by atoms with Crippen molar-refractivity contribution in [3.63, 3.8) is 0 Å². The quantitative estimate of drug-likeness (QED) is 0.125. The first kappa shape index (κ1) is 36.7. The summed E-state index contributed by atoms with van der Waals surface area (Å²) in [6, 6.07) is 51.8. The molecule has 6 nitrogen and oxygen atoms in total. The van der Waals surface area contributed by atoms with Gasteiger partial charge in [-0.05, 0) is 65.3 Å². The Morgan fingerprint density at radius 2 is 0.510 bits per heavy atom. The maximum atomic E-state index is 12.3. The Labute approximate surface area is 326 Å². The minimum atomic E-state index is -4.60. The van der Waals surface area contributed by atoms with Crippen LogP contribution in [0.25, 0.3) is 43.1 Å². The van der Waals surface area contributed by atoms with Crippen LogP contribution >= 0.6 is 0 Å². The van der Waals surface area contributed by atoms with E-state index in [1.165, 1.54) is 0 Å². The minimum absolute atomic E-state index is 0. The molecule has 0 aromatic heterocycles. The molecular weight excluding hydrogens is 705 g/mol. The molecule has 0 amide bonds. The summed E-state index contributed by atoms with van der Waals surface area (Å²) in [4.78, 5) is 0. The summed E-state index contributed by atoms with van der Waals surface area (Å²) in [6.45, 7) is 0. The molecule has 0 aliphatic rings. The molecule has 0 unspecified atom stereocenters. The van der Waals surface area contributed by atoms with E-state index in [1.807, 2.05) is 121 Å². The Bertz CT molecular complexity index is 2380. The molecular formula is C42H30CaO6S2. The Morgan fingerprint density at radius 3 is 0.725 bits per heavy atom. The summed E-state index contributed by atoms with van der Waals surface area (Å²) in [6.07, 6.45) is 0. The number of hydrogen-bond acceptors (Lipinski definition) is 6. The summed E-state index contributed by atoms with van der Waals surface area (Å²) < 4.78 is 73.6. The van der Waals surface area contributed by atoms with Crippen molar-refractivity contribution in [2.24, 2.45) is 0 Å². The van der Waals surface area contributed by atoms with Crippen LogP contribution in [0.3, 0.4) is 0 Å². The second-order valence-corrected chi connectivity index (χ2v) is 14.9. The molecule has 0 atom stereocenters. The van der Waals surface area contributed by atoms with E-state index in [0.29, 0.717) is 22.3 Å². The van der Waals surface area contributed by atoms with Crippen molar-refractivity contribution < 1.29 is 25.9 Å². The first-order valence-corrected chi connectivity index (χ1v) is 18.9. The molecule has 51 heavy (non-hydrogen) atoms. The van der Waals surface area contributed by atoms with Crippen LogP contribution in [0.1, 0.15) is 32.8 Å². The number of rotatable bonds is 6. The number of fused-ring (bicyclic) bond motifs is 4. The smallest absolute Gasteiger partial charge is 0.747 e. The molecule has 0 fully saturated rings. The van der Waals surface area contributed by atoms with Crippen LogP contribution in [0.4, 0.5) is 0 Å². The van der Waals surface area contributed by atoms with Crippen LogP contribution in [-0.2, 0) is 20.2 Å². The van der Waals surface area contributed by atoms with E-state index in [-0.39, 0.29) is 37.7 Å². The van der Waals surface area contributed by atoms with Gasteiger partial charge in [-0.3, -0.25) is 0 Å². The molecule has 0 saturated carbocycles. The largest absolute Gasteiger partial charge is 2.00 e. The molecule has 9 heteroatoms. The summed E-state index contributed by atoms with van der Waals surface area (Å²) in [5.74, 6) is 0. The van der Waals surface area contributed by atoms with Crippen molar-refractivity contribution in [3.05, 3.63) is 192 Å². The average Bonchev–Trinajstić information content (AvgIpc) is 3.11. The van der Waals surface area contributed by atoms with E-state index in [2.05, 4.69) is 0 Å². The van der Waals surface area contributed by atoms with Gasteiger partial charge < -0.3 is 9.11 Å². The summed E-state index contributed by atoms with van der Waals surface area (Å²) >= 11 is 0. The summed E-state index contributed by atoms with van der Waals surface area (Å²) in [5, 5.41) is 4.27. The van der Waals surface area contributed by atoms with Crippen molar-refractivity contribution in [2.45, 2.75) is 10.5 Å². The van der Waals surface area contributed by atoms with Gasteiger partial charge in [0.15, 0.2) is 0 Å². The second kappa shape index (κ2) is 15.2. The predicted molar refractivity (Wildman–Crippen MR) is 205 cm³/mol. The molecule has 0 bridgehead atoms. The fraction of sp³-hybridized carbons (Fsp3) is 0.0476. The minimum Gasteiger partial charge on any atom is -0.747 e. The van der Waals surface area contributed by atoms with Gasteiger partial charge in [-0.1, -0.05) is 170 Å². The molecule has 0 N–H and O–H groups in total. The van der Waals surface area contributed by atoms with Crippen molar-refractivity contribution >= 4 is 101 Å². The van der Waals surface area contributed by atoms with Crippen LogP contribution in [-0.4, -0.2) is 63.7 Å². The molecule has 0 spiro atoms. The standard InChI is InChI=1S/2C21H16O3S.Ca/c2*22-25(23,24)21(19-13-5-9-15-7-1-3-11-17(15)19)20-14-6-10-16-8-2-4-12-18(16)20;/h2*1-14,21H,(H,22,23,24);/q;;+2/p-2. The van der Waals surface area contributed by atoms with E-state index in [1.54, 1.807) is 48.5 Å². The van der Waals surface area contributed by atoms with Gasteiger partial charge in [0.25, 0.3) is 0 Å². The fourth-order valence-electron chi connectivity index (χ4n) is 6.87. The monoisotopic (exact) mass is 734 g/mol. The SMILES string of the molecule is O=S(=O)([O-])C(c1cccc2ccccc12)c1cccc2ccccc12.O=S(=O)([O-])C(c1cccc2ccccc12)c1cccc2ccccc12.[Ca+2]. The summed E-state index contributed by atoms with van der Waals surface area (Å²) in [7, 11) is -9.21. The van der Waals surface area contributed by atoms with Gasteiger partial charge in [-0.2, -0.15) is 0 Å². The van der Waals surface area contributed by atoms with Crippen LogP contribution in [0.2, 0.25) is 0 Å². The van der Waals surface area contributed by atoms with Gasteiger partial charge in [0.05, 0.1) is 0 Å². The number of hydrogen-bond donors (Lipinski definition) is 0. The maximum absolute atomic E-state index is 12.3. The Kier molecular flexibility index (Phi) is 11.0. The van der Waals surface area contributed by atoms with Gasteiger partial charge in [0.2, 0.25) is 0 Å². The summed E-state index contributed by atoms with van der Waals surface area (Å²) in [5.41, 5.74) is 2.07. The molecule has 8 aromatic carbocycles. The van der Waals surface area contributed by atoms with Gasteiger partial charge >= 0.3 is 37.7 Å². The Hall–Kier alpha value is -4.12. The molecule has 0 saturated heterocycles. The zero-order valence-electron chi connectivity index (χ0n) is 27.3. The van der Waals surface area contributed by atoms with E-state index < -0.39 is 30.7 Å².